The maximum Gasteiger partial charge on any atom is 0.410 e. The molecular formula is C30H45N3O5. The first-order chi connectivity index (χ1) is 18.0. The van der Waals surface area contributed by atoms with Crippen LogP contribution in [-0.4, -0.2) is 92.6 Å². The molecule has 210 valence electrons. The number of carbonyl (C=O) groups is 2. The summed E-state index contributed by atoms with van der Waals surface area (Å²) in [5.74, 6) is -0.589. The Balaban J connectivity index is 1.84. The van der Waals surface area contributed by atoms with Gasteiger partial charge in [0.05, 0.1) is 12.5 Å². The topological polar surface area (TPSA) is 82.5 Å². The minimum atomic E-state index is -0.806. The third kappa shape index (κ3) is 8.60. The van der Waals surface area contributed by atoms with E-state index in [1.165, 1.54) is 0 Å². The molecule has 0 aliphatic carbocycles. The van der Waals surface area contributed by atoms with Crippen LogP contribution in [0.25, 0.3) is 6.08 Å². The van der Waals surface area contributed by atoms with Crippen molar-refractivity contribution in [3.8, 4) is 0 Å². The number of piperazine rings is 1. The van der Waals surface area contributed by atoms with E-state index in [0.29, 0.717) is 25.9 Å². The average Bonchev–Trinajstić information content (AvgIpc) is 2.87. The zero-order chi connectivity index (χ0) is 27.8. The van der Waals surface area contributed by atoms with Crippen LogP contribution in [0.5, 0.6) is 0 Å². The number of aliphatic hydroxyl groups is 1. The van der Waals surface area contributed by atoms with E-state index in [0.717, 1.165) is 29.9 Å². The molecule has 3 rings (SSSR count). The molecule has 0 saturated carbocycles. The molecule has 0 aromatic heterocycles. The Morgan fingerprint density at radius 1 is 1.13 bits per heavy atom. The molecule has 1 saturated heterocycles. The lowest BCUT2D eigenvalue weighted by molar-refractivity contribution is -0.151. The van der Waals surface area contributed by atoms with E-state index in [2.05, 4.69) is 11.0 Å². The van der Waals surface area contributed by atoms with Crippen molar-refractivity contribution >= 4 is 23.8 Å². The summed E-state index contributed by atoms with van der Waals surface area (Å²) in [5, 5.41) is 10.5. The van der Waals surface area contributed by atoms with Gasteiger partial charge in [-0.1, -0.05) is 38.1 Å². The van der Waals surface area contributed by atoms with Crippen molar-refractivity contribution in [3.63, 3.8) is 0 Å². The zero-order valence-electron chi connectivity index (χ0n) is 23.8. The van der Waals surface area contributed by atoms with E-state index in [9.17, 15) is 14.7 Å². The van der Waals surface area contributed by atoms with Crippen LogP contribution in [0.15, 0.2) is 42.0 Å². The van der Waals surface area contributed by atoms with Crippen molar-refractivity contribution in [1.82, 2.24) is 9.80 Å². The van der Waals surface area contributed by atoms with Gasteiger partial charge in [-0.3, -0.25) is 4.79 Å². The van der Waals surface area contributed by atoms with Crippen LogP contribution < -0.4 is 4.90 Å². The molecular weight excluding hydrogens is 482 g/mol. The Bertz CT molecular complexity index is 999. The summed E-state index contributed by atoms with van der Waals surface area (Å²) >= 11 is 0. The molecule has 8 heteroatoms. The molecule has 5 unspecified atom stereocenters. The maximum absolute atomic E-state index is 13.0. The van der Waals surface area contributed by atoms with Crippen LogP contribution in [0.3, 0.4) is 0 Å². The summed E-state index contributed by atoms with van der Waals surface area (Å²) in [5.41, 5.74) is 2.99. The molecule has 0 spiro atoms. The number of benzene rings is 1. The van der Waals surface area contributed by atoms with Gasteiger partial charge in [-0.2, -0.15) is 0 Å². The van der Waals surface area contributed by atoms with Gasteiger partial charge in [-0.05, 0) is 62.1 Å². The molecule has 1 fully saturated rings. The SMILES string of the molecule is C/C(=C\c1cccc(N(C)C)c1)C1OC(=O)CC(O)CCC(C)C(OC(=O)N2CCN(C)CC2)C=CC1C. The number of ether oxygens (including phenoxy) is 2. The summed E-state index contributed by atoms with van der Waals surface area (Å²) in [6, 6.07) is 8.15. The molecule has 2 heterocycles. The average molecular weight is 528 g/mol. The highest BCUT2D eigenvalue weighted by Gasteiger charge is 2.29. The molecule has 2 aliphatic heterocycles. The second kappa shape index (κ2) is 13.8. The molecule has 1 amide bonds. The van der Waals surface area contributed by atoms with Crippen molar-refractivity contribution in [1.29, 1.82) is 0 Å². The number of carbonyl (C=O) groups excluding carboxylic acids is 2. The predicted molar refractivity (Wildman–Crippen MR) is 151 cm³/mol. The molecule has 1 N–H and O–H groups in total. The van der Waals surface area contributed by atoms with E-state index >= 15 is 0 Å². The van der Waals surface area contributed by atoms with Crippen molar-refractivity contribution in [2.75, 3.05) is 52.2 Å². The number of cyclic esters (lactones) is 1. The van der Waals surface area contributed by atoms with E-state index in [4.69, 9.17) is 9.47 Å². The number of nitrogens with zero attached hydrogens (tertiary/aromatic N) is 3. The van der Waals surface area contributed by atoms with Gasteiger partial charge in [0.2, 0.25) is 0 Å². The highest BCUT2D eigenvalue weighted by atomic mass is 16.6. The van der Waals surface area contributed by atoms with Crippen LogP contribution >= 0.6 is 0 Å². The number of aliphatic hydroxyl groups excluding tert-OH is 1. The third-order valence-corrected chi connectivity index (χ3v) is 7.49. The fourth-order valence-electron chi connectivity index (χ4n) is 4.87. The minimum Gasteiger partial charge on any atom is -0.457 e. The second-order valence-electron chi connectivity index (χ2n) is 11.1. The molecule has 2 aliphatic rings. The van der Waals surface area contributed by atoms with Crippen molar-refractivity contribution in [2.24, 2.45) is 11.8 Å². The van der Waals surface area contributed by atoms with Crippen LogP contribution in [-0.2, 0) is 14.3 Å². The normalized spacial score (nSPS) is 28.2. The van der Waals surface area contributed by atoms with Gasteiger partial charge in [0.1, 0.15) is 12.2 Å². The van der Waals surface area contributed by atoms with Crippen molar-refractivity contribution < 1.29 is 24.2 Å². The van der Waals surface area contributed by atoms with Gasteiger partial charge < -0.3 is 29.3 Å². The van der Waals surface area contributed by atoms with E-state index < -0.39 is 24.3 Å². The Labute approximate surface area is 227 Å². The first-order valence-corrected chi connectivity index (χ1v) is 13.7. The Morgan fingerprint density at radius 3 is 2.53 bits per heavy atom. The molecule has 8 nitrogen and oxygen atoms in total. The maximum atomic E-state index is 13.0. The number of hydrogen-bond acceptors (Lipinski definition) is 7. The van der Waals surface area contributed by atoms with Gasteiger partial charge in [0, 0.05) is 51.9 Å². The van der Waals surface area contributed by atoms with E-state index in [1.807, 2.05) is 83.2 Å². The van der Waals surface area contributed by atoms with Gasteiger partial charge in [-0.15, -0.1) is 0 Å². The predicted octanol–water partition coefficient (Wildman–Crippen LogP) is 4.19. The molecule has 0 bridgehead atoms. The lowest BCUT2D eigenvalue weighted by atomic mass is 9.91. The Morgan fingerprint density at radius 2 is 1.84 bits per heavy atom. The molecule has 38 heavy (non-hydrogen) atoms. The van der Waals surface area contributed by atoms with Crippen LogP contribution in [0.2, 0.25) is 0 Å². The highest BCUT2D eigenvalue weighted by Crippen LogP contribution is 2.26. The first-order valence-electron chi connectivity index (χ1n) is 13.7. The summed E-state index contributed by atoms with van der Waals surface area (Å²) in [7, 11) is 6.04. The number of likely N-dealkylation sites (N-methyl/N-ethyl adjacent to an activating group) is 1. The fourth-order valence-corrected chi connectivity index (χ4v) is 4.87. The quantitative estimate of drug-likeness (QED) is 0.464. The summed E-state index contributed by atoms with van der Waals surface area (Å²) in [6.07, 6.45) is 4.88. The second-order valence-corrected chi connectivity index (χ2v) is 11.1. The first kappa shape index (κ1) is 29.7. The Kier molecular flexibility index (Phi) is 10.8. The monoisotopic (exact) mass is 527 g/mol. The highest BCUT2D eigenvalue weighted by molar-refractivity contribution is 5.71. The minimum absolute atomic E-state index is 0.0103. The summed E-state index contributed by atoms with van der Waals surface area (Å²) in [6.45, 7) is 8.91. The Hall–Kier alpha value is -2.84. The number of rotatable bonds is 4. The molecule has 0 radical (unpaired) electrons. The molecule has 1 aromatic carbocycles. The lowest BCUT2D eigenvalue weighted by Gasteiger charge is -2.33. The summed E-state index contributed by atoms with van der Waals surface area (Å²) < 4.78 is 11.9. The van der Waals surface area contributed by atoms with E-state index in [1.54, 1.807) is 4.90 Å². The van der Waals surface area contributed by atoms with Gasteiger partial charge in [0.25, 0.3) is 0 Å². The largest absolute Gasteiger partial charge is 0.457 e. The number of hydrogen-bond donors (Lipinski definition) is 1. The number of esters is 1. The smallest absolute Gasteiger partial charge is 0.410 e. The lowest BCUT2D eigenvalue weighted by Crippen LogP contribution is -2.48. The zero-order valence-corrected chi connectivity index (χ0v) is 23.8. The van der Waals surface area contributed by atoms with E-state index in [-0.39, 0.29) is 24.3 Å². The van der Waals surface area contributed by atoms with Gasteiger partial charge >= 0.3 is 12.1 Å². The molecule has 1 aromatic rings. The van der Waals surface area contributed by atoms with Crippen molar-refractivity contribution in [2.45, 2.75) is 58.3 Å². The van der Waals surface area contributed by atoms with Crippen LogP contribution in [0, 0.1) is 11.8 Å². The van der Waals surface area contributed by atoms with Crippen molar-refractivity contribution in [3.05, 3.63) is 47.6 Å². The van der Waals surface area contributed by atoms with Crippen LogP contribution in [0.4, 0.5) is 10.5 Å². The fraction of sp³-hybridized carbons (Fsp3) is 0.600. The number of anilines is 1. The summed E-state index contributed by atoms with van der Waals surface area (Å²) in [4.78, 5) is 31.7. The number of amides is 1. The van der Waals surface area contributed by atoms with Gasteiger partial charge in [-0.25, -0.2) is 4.79 Å². The molecule has 5 atom stereocenters. The van der Waals surface area contributed by atoms with Crippen LogP contribution in [0.1, 0.15) is 45.6 Å². The third-order valence-electron chi connectivity index (χ3n) is 7.49. The standard InChI is InChI=1S/C30H45N3O5/c1-21-10-12-26(34)20-28(35)38-29(23(3)18-24-8-7-9-25(19-24)31(4)5)22(2)11-13-27(21)37-30(36)33-16-14-32(6)15-17-33/h7-9,11,13,18-19,21-22,26-27,29,34H,10,12,14-17,20H2,1-6H3/b13-11?,23-18+. The van der Waals surface area contributed by atoms with Gasteiger partial charge in [0.15, 0.2) is 0 Å².